The highest BCUT2D eigenvalue weighted by Gasteiger charge is 2.34. The summed E-state index contributed by atoms with van der Waals surface area (Å²) in [6, 6.07) is 1.88. The van der Waals surface area contributed by atoms with Crippen LogP contribution < -0.4 is 5.32 Å². The van der Waals surface area contributed by atoms with Crippen LogP contribution in [0.4, 0.5) is 0 Å². The lowest BCUT2D eigenvalue weighted by molar-refractivity contribution is 0.0467. The van der Waals surface area contributed by atoms with Crippen LogP contribution in [0, 0.1) is 18.3 Å². The standard InChI is InChI=1S/C16H30N2/c1-6-9-15(8-3)18-12-10-16(17-11-7-2)13(4)14(18)5/h1,13-17H,7-12H2,2-5H3. The average molecular weight is 250 g/mol. The van der Waals surface area contributed by atoms with E-state index in [-0.39, 0.29) is 0 Å². The van der Waals surface area contributed by atoms with Crippen LogP contribution in [0.1, 0.15) is 53.4 Å². The van der Waals surface area contributed by atoms with Gasteiger partial charge < -0.3 is 5.32 Å². The third-order valence-electron chi connectivity index (χ3n) is 4.57. The first-order valence-corrected chi connectivity index (χ1v) is 7.58. The van der Waals surface area contributed by atoms with E-state index in [1.165, 1.54) is 19.4 Å². The zero-order valence-corrected chi connectivity index (χ0v) is 12.6. The van der Waals surface area contributed by atoms with Crippen LogP contribution in [0.25, 0.3) is 0 Å². The summed E-state index contributed by atoms with van der Waals surface area (Å²) in [6.45, 7) is 11.6. The second kappa shape index (κ2) is 7.81. The number of likely N-dealkylation sites (tertiary alicyclic amines) is 1. The Balaban J connectivity index is 2.59. The van der Waals surface area contributed by atoms with E-state index in [0.29, 0.717) is 24.0 Å². The smallest absolute Gasteiger partial charge is 0.0242 e. The average Bonchev–Trinajstić information content (AvgIpc) is 2.38. The van der Waals surface area contributed by atoms with E-state index >= 15 is 0 Å². The predicted molar refractivity (Wildman–Crippen MR) is 79.6 cm³/mol. The molecule has 0 amide bonds. The number of rotatable bonds is 6. The molecule has 4 atom stereocenters. The minimum atomic E-state index is 0.569. The number of nitrogens with zero attached hydrogens (tertiary/aromatic N) is 1. The molecule has 1 aliphatic rings. The number of hydrogen-bond donors (Lipinski definition) is 1. The number of nitrogens with one attached hydrogen (secondary N) is 1. The Kier molecular flexibility index (Phi) is 6.75. The third kappa shape index (κ3) is 3.73. The van der Waals surface area contributed by atoms with Crippen molar-refractivity contribution in [2.45, 2.75) is 71.5 Å². The predicted octanol–water partition coefficient (Wildman–Crippen LogP) is 2.89. The molecule has 0 aromatic heterocycles. The second-order valence-electron chi connectivity index (χ2n) is 5.66. The molecule has 18 heavy (non-hydrogen) atoms. The topological polar surface area (TPSA) is 15.3 Å². The fourth-order valence-electron chi connectivity index (χ4n) is 3.16. The fraction of sp³-hybridized carbons (Fsp3) is 0.875. The maximum Gasteiger partial charge on any atom is 0.0242 e. The zero-order valence-electron chi connectivity index (χ0n) is 12.6. The maximum atomic E-state index is 5.50. The highest BCUT2D eigenvalue weighted by Crippen LogP contribution is 2.27. The van der Waals surface area contributed by atoms with E-state index < -0.39 is 0 Å². The first-order chi connectivity index (χ1) is 8.65. The van der Waals surface area contributed by atoms with E-state index in [4.69, 9.17) is 6.42 Å². The van der Waals surface area contributed by atoms with Gasteiger partial charge in [0.25, 0.3) is 0 Å². The van der Waals surface area contributed by atoms with Gasteiger partial charge in [-0.05, 0) is 38.6 Å². The Hall–Kier alpha value is -0.520. The Morgan fingerprint density at radius 3 is 2.67 bits per heavy atom. The van der Waals surface area contributed by atoms with Crippen molar-refractivity contribution < 1.29 is 0 Å². The fourth-order valence-corrected chi connectivity index (χ4v) is 3.16. The van der Waals surface area contributed by atoms with E-state index in [9.17, 15) is 0 Å². The number of piperidine rings is 1. The molecule has 2 nitrogen and oxygen atoms in total. The van der Waals surface area contributed by atoms with Crippen molar-refractivity contribution >= 4 is 0 Å². The SMILES string of the molecule is C#CCC(CC)N1CCC(NCCC)C(C)C1C. The molecule has 4 unspecified atom stereocenters. The second-order valence-corrected chi connectivity index (χ2v) is 5.66. The highest BCUT2D eigenvalue weighted by molar-refractivity contribution is 4.96. The normalized spacial score (nSPS) is 30.9. The summed E-state index contributed by atoms with van der Waals surface area (Å²) in [5, 5.41) is 3.69. The Bertz CT molecular complexity index is 269. The summed E-state index contributed by atoms with van der Waals surface area (Å²) in [4.78, 5) is 2.63. The van der Waals surface area contributed by atoms with Crippen molar-refractivity contribution in [3.8, 4) is 12.3 Å². The molecule has 1 saturated heterocycles. The molecule has 104 valence electrons. The van der Waals surface area contributed by atoms with Gasteiger partial charge in [0.2, 0.25) is 0 Å². The van der Waals surface area contributed by atoms with Gasteiger partial charge in [-0.3, -0.25) is 4.90 Å². The van der Waals surface area contributed by atoms with Gasteiger partial charge in [-0.1, -0.05) is 20.8 Å². The summed E-state index contributed by atoms with van der Waals surface area (Å²) < 4.78 is 0. The number of hydrogen-bond acceptors (Lipinski definition) is 2. The molecule has 0 bridgehead atoms. The zero-order chi connectivity index (χ0) is 13.5. The summed E-state index contributed by atoms with van der Waals surface area (Å²) >= 11 is 0. The molecule has 1 N–H and O–H groups in total. The van der Waals surface area contributed by atoms with Crippen molar-refractivity contribution in [1.82, 2.24) is 10.2 Å². The van der Waals surface area contributed by atoms with Crippen molar-refractivity contribution in [2.24, 2.45) is 5.92 Å². The van der Waals surface area contributed by atoms with Gasteiger partial charge in [0.1, 0.15) is 0 Å². The van der Waals surface area contributed by atoms with Crippen LogP contribution >= 0.6 is 0 Å². The van der Waals surface area contributed by atoms with Gasteiger partial charge in [-0.2, -0.15) is 0 Å². The Morgan fingerprint density at radius 2 is 2.11 bits per heavy atom. The van der Waals surface area contributed by atoms with Gasteiger partial charge >= 0.3 is 0 Å². The molecule has 1 fully saturated rings. The highest BCUT2D eigenvalue weighted by atomic mass is 15.2. The van der Waals surface area contributed by atoms with Gasteiger partial charge in [0, 0.05) is 31.1 Å². The van der Waals surface area contributed by atoms with Crippen molar-refractivity contribution in [1.29, 1.82) is 0 Å². The first-order valence-electron chi connectivity index (χ1n) is 7.58. The van der Waals surface area contributed by atoms with Gasteiger partial charge in [0.05, 0.1) is 0 Å². The Morgan fingerprint density at radius 1 is 1.39 bits per heavy atom. The molecule has 1 heterocycles. The van der Waals surface area contributed by atoms with Crippen molar-refractivity contribution in [2.75, 3.05) is 13.1 Å². The molecule has 0 spiro atoms. The summed E-state index contributed by atoms with van der Waals surface area (Å²) in [5.74, 6) is 3.55. The van der Waals surface area contributed by atoms with Gasteiger partial charge in [0.15, 0.2) is 0 Å². The molecular formula is C16H30N2. The summed E-state index contributed by atoms with van der Waals surface area (Å²) in [7, 11) is 0. The van der Waals surface area contributed by atoms with Crippen LogP contribution in [0.15, 0.2) is 0 Å². The molecule has 0 aromatic carbocycles. The van der Waals surface area contributed by atoms with Gasteiger partial charge in [-0.15, -0.1) is 12.3 Å². The van der Waals surface area contributed by atoms with Crippen LogP contribution in [-0.2, 0) is 0 Å². The molecular weight excluding hydrogens is 220 g/mol. The minimum absolute atomic E-state index is 0.569. The van der Waals surface area contributed by atoms with E-state index in [0.717, 1.165) is 19.4 Å². The molecule has 1 rings (SSSR count). The molecule has 1 aliphatic heterocycles. The van der Waals surface area contributed by atoms with Crippen LogP contribution in [0.3, 0.4) is 0 Å². The van der Waals surface area contributed by atoms with Crippen molar-refractivity contribution in [3.63, 3.8) is 0 Å². The van der Waals surface area contributed by atoms with Gasteiger partial charge in [-0.25, -0.2) is 0 Å². The summed E-state index contributed by atoms with van der Waals surface area (Å²) in [6.07, 6.45) is 10.0. The van der Waals surface area contributed by atoms with E-state index in [1.54, 1.807) is 0 Å². The maximum absolute atomic E-state index is 5.50. The molecule has 2 heteroatoms. The van der Waals surface area contributed by atoms with Crippen molar-refractivity contribution in [3.05, 3.63) is 0 Å². The minimum Gasteiger partial charge on any atom is -0.314 e. The van der Waals surface area contributed by atoms with Crippen LogP contribution in [0.5, 0.6) is 0 Å². The largest absolute Gasteiger partial charge is 0.314 e. The van der Waals surface area contributed by atoms with Crippen LogP contribution in [0.2, 0.25) is 0 Å². The van der Waals surface area contributed by atoms with E-state index in [1.807, 2.05) is 0 Å². The molecule has 0 aromatic rings. The van der Waals surface area contributed by atoms with E-state index in [2.05, 4.69) is 43.8 Å². The van der Waals surface area contributed by atoms with Crippen LogP contribution in [-0.4, -0.2) is 36.1 Å². The summed E-state index contributed by atoms with van der Waals surface area (Å²) in [5.41, 5.74) is 0. The number of terminal acetylenes is 1. The lowest BCUT2D eigenvalue weighted by Gasteiger charge is -2.46. The third-order valence-corrected chi connectivity index (χ3v) is 4.57. The monoisotopic (exact) mass is 250 g/mol. The lowest BCUT2D eigenvalue weighted by atomic mass is 9.85. The lowest BCUT2D eigenvalue weighted by Crippen LogP contribution is -2.56. The quantitative estimate of drug-likeness (QED) is 0.729. The Labute approximate surface area is 114 Å². The molecule has 0 radical (unpaired) electrons. The first kappa shape index (κ1) is 15.5. The molecule has 0 aliphatic carbocycles. The molecule has 0 saturated carbocycles.